The molecule has 2 N–H and O–H groups in total. The molecule has 18 heavy (non-hydrogen) atoms. The fraction of sp³-hybridized carbons (Fsp3) is 0.400. The molecule has 1 aromatic heterocycles. The summed E-state index contributed by atoms with van der Waals surface area (Å²) in [7, 11) is 0. The van der Waals surface area contributed by atoms with Crippen LogP contribution in [0.15, 0.2) is 0 Å². The van der Waals surface area contributed by atoms with Crippen LogP contribution >= 0.6 is 11.3 Å². The molecular formula is C10H11N3O4S. The van der Waals surface area contributed by atoms with Gasteiger partial charge in [0, 0.05) is 4.88 Å². The van der Waals surface area contributed by atoms with E-state index < -0.39 is 23.8 Å². The molecule has 2 amide bonds. The average molecular weight is 269 g/mol. The van der Waals surface area contributed by atoms with E-state index in [9.17, 15) is 14.4 Å². The maximum absolute atomic E-state index is 11.5. The Labute approximate surface area is 106 Å². The summed E-state index contributed by atoms with van der Waals surface area (Å²) >= 11 is 1.16. The lowest BCUT2D eigenvalue weighted by atomic mass is 10.2. The fourth-order valence-corrected chi connectivity index (χ4v) is 2.63. The lowest BCUT2D eigenvalue weighted by Gasteiger charge is -2.31. The van der Waals surface area contributed by atoms with Gasteiger partial charge in [-0.3, -0.25) is 14.9 Å². The van der Waals surface area contributed by atoms with Crippen LogP contribution < -0.4 is 10.2 Å². The molecule has 2 heterocycles. The van der Waals surface area contributed by atoms with E-state index in [2.05, 4.69) is 10.3 Å². The molecular weight excluding hydrogens is 258 g/mol. The molecule has 0 saturated carbocycles. The van der Waals surface area contributed by atoms with Crippen molar-refractivity contribution >= 4 is 34.3 Å². The molecule has 1 fully saturated rings. The minimum Gasteiger partial charge on any atom is -0.476 e. The Hall–Kier alpha value is -1.96. The summed E-state index contributed by atoms with van der Waals surface area (Å²) < 4.78 is 0. The summed E-state index contributed by atoms with van der Waals surface area (Å²) in [6.07, 6.45) is 0. The minimum absolute atomic E-state index is 0.00107. The summed E-state index contributed by atoms with van der Waals surface area (Å²) in [6.45, 7) is 3.28. The highest BCUT2D eigenvalue weighted by Gasteiger charge is 2.32. The molecule has 1 aliphatic heterocycles. The van der Waals surface area contributed by atoms with Crippen LogP contribution in [0.2, 0.25) is 0 Å². The Morgan fingerprint density at radius 3 is 2.78 bits per heavy atom. The topological polar surface area (TPSA) is 99.6 Å². The monoisotopic (exact) mass is 269 g/mol. The van der Waals surface area contributed by atoms with Gasteiger partial charge in [0.15, 0.2) is 10.8 Å². The quantitative estimate of drug-likeness (QED) is 0.733. The number of rotatable bonds is 2. The highest BCUT2D eigenvalue weighted by Crippen LogP contribution is 2.27. The van der Waals surface area contributed by atoms with Crippen LogP contribution in [-0.2, 0) is 9.59 Å². The van der Waals surface area contributed by atoms with E-state index in [-0.39, 0.29) is 12.2 Å². The van der Waals surface area contributed by atoms with Crippen molar-refractivity contribution in [1.82, 2.24) is 10.3 Å². The van der Waals surface area contributed by atoms with Crippen molar-refractivity contribution in [3.8, 4) is 0 Å². The van der Waals surface area contributed by atoms with Crippen LogP contribution in [0.5, 0.6) is 0 Å². The molecule has 8 heteroatoms. The molecule has 0 aliphatic carbocycles. The number of nitrogens with one attached hydrogen (secondary N) is 1. The zero-order chi connectivity index (χ0) is 13.4. The Bertz CT molecular complexity index is 539. The lowest BCUT2D eigenvalue weighted by Crippen LogP contribution is -2.57. The molecule has 96 valence electrons. The number of amides is 2. The van der Waals surface area contributed by atoms with Gasteiger partial charge in [-0.2, -0.15) is 0 Å². The summed E-state index contributed by atoms with van der Waals surface area (Å²) in [4.78, 5) is 39.7. The number of carbonyl (C=O) groups is 3. The van der Waals surface area contributed by atoms with E-state index in [1.54, 1.807) is 13.8 Å². The standard InChI is InChI=1S/C10H11N3O4S/c1-4-8(15)11-6(14)3-13(4)10-12-7(9(16)17)5(2)18-10/h4H,3H2,1-2H3,(H,16,17)(H,11,14,15). The third-order valence-corrected chi connectivity index (χ3v) is 3.67. The van der Waals surface area contributed by atoms with E-state index in [4.69, 9.17) is 5.11 Å². The van der Waals surface area contributed by atoms with Crippen molar-refractivity contribution in [3.05, 3.63) is 10.6 Å². The van der Waals surface area contributed by atoms with E-state index in [0.29, 0.717) is 10.0 Å². The largest absolute Gasteiger partial charge is 0.476 e. The number of aromatic nitrogens is 1. The van der Waals surface area contributed by atoms with Gasteiger partial charge in [0.2, 0.25) is 11.8 Å². The SMILES string of the molecule is Cc1sc(N2CC(=O)NC(=O)C2C)nc1C(=O)O. The van der Waals surface area contributed by atoms with Crippen LogP contribution in [0.4, 0.5) is 5.13 Å². The highest BCUT2D eigenvalue weighted by molar-refractivity contribution is 7.15. The van der Waals surface area contributed by atoms with Gasteiger partial charge >= 0.3 is 5.97 Å². The number of aromatic carboxylic acids is 1. The van der Waals surface area contributed by atoms with Crippen LogP contribution in [0.3, 0.4) is 0 Å². The third kappa shape index (κ3) is 2.06. The zero-order valence-electron chi connectivity index (χ0n) is 9.76. The molecule has 0 spiro atoms. The Kier molecular flexibility index (Phi) is 3.04. The molecule has 0 aromatic carbocycles. The summed E-state index contributed by atoms with van der Waals surface area (Å²) in [5.74, 6) is -1.94. The van der Waals surface area contributed by atoms with Gasteiger partial charge < -0.3 is 10.0 Å². The van der Waals surface area contributed by atoms with Crippen molar-refractivity contribution in [1.29, 1.82) is 0 Å². The first kappa shape index (κ1) is 12.5. The first-order valence-electron chi connectivity index (χ1n) is 5.21. The number of carboxylic acids is 1. The van der Waals surface area contributed by atoms with Crippen molar-refractivity contribution in [3.63, 3.8) is 0 Å². The number of imide groups is 1. The Morgan fingerprint density at radius 2 is 2.22 bits per heavy atom. The van der Waals surface area contributed by atoms with E-state index in [0.717, 1.165) is 11.3 Å². The number of aryl methyl sites for hydroxylation is 1. The second kappa shape index (κ2) is 4.37. The highest BCUT2D eigenvalue weighted by atomic mass is 32.1. The van der Waals surface area contributed by atoms with Gasteiger partial charge in [-0.15, -0.1) is 11.3 Å². The Balaban J connectivity index is 2.35. The first-order valence-corrected chi connectivity index (χ1v) is 6.03. The van der Waals surface area contributed by atoms with Gasteiger partial charge in [-0.1, -0.05) is 0 Å². The molecule has 1 unspecified atom stereocenters. The predicted octanol–water partition coefficient (Wildman–Crippen LogP) is 0.00102. The molecule has 2 rings (SSSR count). The number of anilines is 1. The number of piperazine rings is 1. The molecule has 0 bridgehead atoms. The number of hydrogen-bond donors (Lipinski definition) is 2. The number of hydrogen-bond acceptors (Lipinski definition) is 6. The normalized spacial score (nSPS) is 19.9. The third-order valence-electron chi connectivity index (χ3n) is 2.66. The van der Waals surface area contributed by atoms with Crippen LogP contribution in [0.25, 0.3) is 0 Å². The van der Waals surface area contributed by atoms with Gasteiger partial charge in [0.1, 0.15) is 12.6 Å². The summed E-state index contributed by atoms with van der Waals surface area (Å²) in [5.41, 5.74) is -0.0411. The van der Waals surface area contributed by atoms with Crippen molar-refractivity contribution in [2.45, 2.75) is 19.9 Å². The molecule has 0 radical (unpaired) electrons. The van der Waals surface area contributed by atoms with Crippen LogP contribution in [-0.4, -0.2) is 40.5 Å². The summed E-state index contributed by atoms with van der Waals surface area (Å²) in [5, 5.41) is 11.5. The van der Waals surface area contributed by atoms with Crippen molar-refractivity contribution in [2.75, 3.05) is 11.4 Å². The minimum atomic E-state index is -1.12. The number of carbonyl (C=O) groups excluding carboxylic acids is 2. The van der Waals surface area contributed by atoms with Gasteiger partial charge in [0.25, 0.3) is 0 Å². The first-order chi connectivity index (χ1) is 8.40. The lowest BCUT2D eigenvalue weighted by molar-refractivity contribution is -0.132. The second-order valence-electron chi connectivity index (χ2n) is 3.92. The van der Waals surface area contributed by atoms with E-state index >= 15 is 0 Å². The maximum Gasteiger partial charge on any atom is 0.355 e. The number of carboxylic acid groups (broad SMARTS) is 1. The van der Waals surface area contributed by atoms with Gasteiger partial charge in [-0.05, 0) is 13.8 Å². The number of nitrogens with zero attached hydrogens (tertiary/aromatic N) is 2. The molecule has 1 aromatic rings. The molecule has 1 saturated heterocycles. The maximum atomic E-state index is 11.5. The zero-order valence-corrected chi connectivity index (χ0v) is 10.6. The van der Waals surface area contributed by atoms with Crippen LogP contribution in [0.1, 0.15) is 22.3 Å². The molecule has 1 atom stereocenters. The fourth-order valence-electron chi connectivity index (χ4n) is 1.65. The smallest absolute Gasteiger partial charge is 0.355 e. The number of thiazole rings is 1. The Morgan fingerprint density at radius 1 is 1.56 bits per heavy atom. The summed E-state index contributed by atoms with van der Waals surface area (Å²) in [6, 6.07) is -0.546. The van der Waals surface area contributed by atoms with E-state index in [1.807, 2.05) is 0 Å². The molecule has 7 nitrogen and oxygen atoms in total. The predicted molar refractivity (Wildman–Crippen MR) is 63.8 cm³/mol. The second-order valence-corrected chi connectivity index (χ2v) is 5.10. The van der Waals surface area contributed by atoms with Crippen molar-refractivity contribution in [2.24, 2.45) is 0 Å². The van der Waals surface area contributed by atoms with Crippen LogP contribution in [0, 0.1) is 6.92 Å². The van der Waals surface area contributed by atoms with Gasteiger partial charge in [0.05, 0.1) is 0 Å². The average Bonchev–Trinajstić information content (AvgIpc) is 2.65. The molecule has 1 aliphatic rings. The van der Waals surface area contributed by atoms with Crippen molar-refractivity contribution < 1.29 is 19.5 Å². The van der Waals surface area contributed by atoms with E-state index in [1.165, 1.54) is 4.90 Å². The van der Waals surface area contributed by atoms with Gasteiger partial charge in [-0.25, -0.2) is 9.78 Å².